The number of hydrazone groups is 1. The Kier molecular flexibility index (Phi) is 5.26. The van der Waals surface area contributed by atoms with Crippen LogP contribution in [0.3, 0.4) is 0 Å². The van der Waals surface area contributed by atoms with Gasteiger partial charge in [-0.25, -0.2) is 13.6 Å². The van der Waals surface area contributed by atoms with Gasteiger partial charge in [-0.3, -0.25) is 4.79 Å². The average Bonchev–Trinajstić information content (AvgIpc) is 2.87. The van der Waals surface area contributed by atoms with Gasteiger partial charge in [0.1, 0.15) is 5.75 Å². The molecule has 0 fully saturated rings. The molecule has 2 aromatic carbocycles. The number of phenols is 1. The van der Waals surface area contributed by atoms with Crippen molar-refractivity contribution in [1.82, 2.24) is 0 Å². The molecule has 0 spiro atoms. The zero-order valence-electron chi connectivity index (χ0n) is 13.8. The highest BCUT2D eigenvalue weighted by Crippen LogP contribution is 2.34. The second kappa shape index (κ2) is 7.19. The third-order valence-electron chi connectivity index (χ3n) is 3.82. The molecule has 2 aromatic rings. The van der Waals surface area contributed by atoms with Crippen LogP contribution in [0.25, 0.3) is 6.08 Å². The number of primary sulfonamides is 1. The van der Waals surface area contributed by atoms with Gasteiger partial charge in [-0.2, -0.15) is 10.1 Å². The number of aromatic hydroxyl groups is 1. The lowest BCUT2D eigenvalue weighted by atomic mass is 10.1. The molecule has 0 aromatic heterocycles. The van der Waals surface area contributed by atoms with Gasteiger partial charge in [-0.1, -0.05) is 0 Å². The van der Waals surface area contributed by atoms with Crippen molar-refractivity contribution in [2.45, 2.75) is 11.8 Å². The number of carbonyl (C=O) groups excluding carboxylic acids is 1. The molecule has 0 bridgehead atoms. The smallest absolute Gasteiger partial charge is 0.280 e. The number of anilines is 1. The van der Waals surface area contributed by atoms with E-state index in [1.165, 1.54) is 29.3 Å². The summed E-state index contributed by atoms with van der Waals surface area (Å²) in [5.74, 6) is -0.284. The number of hydrogen-bond acceptors (Lipinski definition) is 5. The minimum Gasteiger partial charge on any atom is -0.506 e. The number of sulfonamides is 1. The van der Waals surface area contributed by atoms with Crippen molar-refractivity contribution < 1.29 is 18.3 Å². The Morgan fingerprint density at radius 3 is 2.22 bits per heavy atom. The topological polar surface area (TPSA) is 113 Å². The first-order chi connectivity index (χ1) is 12.6. The fraction of sp³-hybridized carbons (Fsp3) is 0.0588. The number of nitrogens with zero attached hydrogens (tertiary/aromatic N) is 2. The fourth-order valence-electron chi connectivity index (χ4n) is 2.47. The Hall–Kier alpha value is -2.01. The molecule has 0 atom stereocenters. The summed E-state index contributed by atoms with van der Waals surface area (Å²) >= 11 is 6.51. The van der Waals surface area contributed by atoms with Crippen LogP contribution in [0, 0.1) is 0 Å². The first-order valence-electron chi connectivity index (χ1n) is 7.50. The van der Waals surface area contributed by atoms with Crippen LogP contribution >= 0.6 is 31.9 Å². The molecule has 1 amide bonds. The number of benzene rings is 2. The predicted octanol–water partition coefficient (Wildman–Crippen LogP) is 3.37. The van der Waals surface area contributed by atoms with Crippen molar-refractivity contribution in [3.63, 3.8) is 0 Å². The quantitative estimate of drug-likeness (QED) is 0.611. The molecule has 0 saturated heterocycles. The van der Waals surface area contributed by atoms with E-state index in [0.29, 0.717) is 31.5 Å². The van der Waals surface area contributed by atoms with Gasteiger partial charge in [0, 0.05) is 0 Å². The van der Waals surface area contributed by atoms with Crippen LogP contribution in [-0.4, -0.2) is 25.1 Å². The summed E-state index contributed by atoms with van der Waals surface area (Å²) in [5, 5.41) is 20.3. The molecule has 1 heterocycles. The van der Waals surface area contributed by atoms with Crippen LogP contribution in [-0.2, 0) is 14.8 Å². The summed E-state index contributed by atoms with van der Waals surface area (Å²) in [4.78, 5) is 12.7. The third kappa shape index (κ3) is 3.98. The van der Waals surface area contributed by atoms with Crippen LogP contribution in [0.5, 0.6) is 5.75 Å². The van der Waals surface area contributed by atoms with E-state index in [4.69, 9.17) is 5.14 Å². The van der Waals surface area contributed by atoms with Gasteiger partial charge < -0.3 is 5.11 Å². The second-order valence-corrected chi connectivity index (χ2v) is 9.00. The van der Waals surface area contributed by atoms with Crippen molar-refractivity contribution in [2.75, 3.05) is 5.01 Å². The van der Waals surface area contributed by atoms with Crippen molar-refractivity contribution >= 4 is 65.3 Å². The number of halogens is 2. The summed E-state index contributed by atoms with van der Waals surface area (Å²) in [5.41, 5.74) is 2.00. The molecule has 0 aliphatic carbocycles. The van der Waals surface area contributed by atoms with Gasteiger partial charge in [0.25, 0.3) is 5.91 Å². The highest BCUT2D eigenvalue weighted by Gasteiger charge is 2.29. The van der Waals surface area contributed by atoms with E-state index >= 15 is 0 Å². The molecule has 10 heteroatoms. The summed E-state index contributed by atoms with van der Waals surface area (Å²) < 4.78 is 23.7. The zero-order chi connectivity index (χ0) is 19.9. The molecule has 140 valence electrons. The molecule has 3 N–H and O–H groups in total. The summed E-state index contributed by atoms with van der Waals surface area (Å²) in [6.45, 7) is 1.70. The molecule has 0 radical (unpaired) electrons. The van der Waals surface area contributed by atoms with E-state index in [9.17, 15) is 18.3 Å². The standard InChI is InChI=1S/C17H13Br2N3O4S/c1-9-13(6-10-7-14(18)16(23)15(19)8-10)17(24)22(21-9)11-2-4-12(5-3-11)27(20,25)26/h2-8,23H,1H3,(H2,20,25,26)/b13-6+. The van der Waals surface area contributed by atoms with Crippen LogP contribution in [0.4, 0.5) is 5.69 Å². The number of phenolic OH excluding ortho intramolecular Hbond substituents is 1. The average molecular weight is 515 g/mol. The monoisotopic (exact) mass is 513 g/mol. The first-order valence-corrected chi connectivity index (χ1v) is 10.6. The maximum Gasteiger partial charge on any atom is 0.280 e. The third-order valence-corrected chi connectivity index (χ3v) is 5.96. The molecule has 3 rings (SSSR count). The molecule has 0 unspecified atom stereocenters. The number of carbonyl (C=O) groups is 1. The highest BCUT2D eigenvalue weighted by atomic mass is 79.9. The molecule has 27 heavy (non-hydrogen) atoms. The Morgan fingerprint density at radius 1 is 1.15 bits per heavy atom. The lowest BCUT2D eigenvalue weighted by molar-refractivity contribution is -0.114. The first kappa shape index (κ1) is 19.7. The number of amides is 1. The van der Waals surface area contributed by atoms with E-state index in [-0.39, 0.29) is 16.6 Å². The molecular weight excluding hydrogens is 502 g/mol. The Balaban J connectivity index is 1.95. The van der Waals surface area contributed by atoms with Crippen LogP contribution < -0.4 is 10.1 Å². The highest BCUT2D eigenvalue weighted by molar-refractivity contribution is 9.11. The largest absolute Gasteiger partial charge is 0.506 e. The van der Waals surface area contributed by atoms with Crippen molar-refractivity contribution in [3.05, 3.63) is 56.5 Å². The van der Waals surface area contributed by atoms with E-state index in [0.717, 1.165) is 0 Å². The molecule has 1 aliphatic rings. The molecular formula is C17H13Br2N3O4S. The maximum absolute atomic E-state index is 12.8. The zero-order valence-corrected chi connectivity index (χ0v) is 17.8. The SMILES string of the molecule is CC1=NN(c2ccc(S(N)(=O)=O)cc2)C(=O)/C1=C/c1cc(Br)c(O)c(Br)c1. The van der Waals surface area contributed by atoms with Crippen molar-refractivity contribution in [3.8, 4) is 5.75 Å². The lowest BCUT2D eigenvalue weighted by Gasteiger charge is -2.12. The van der Waals surface area contributed by atoms with Gasteiger partial charge >= 0.3 is 0 Å². The Morgan fingerprint density at radius 2 is 1.70 bits per heavy atom. The second-order valence-electron chi connectivity index (χ2n) is 5.73. The van der Waals surface area contributed by atoms with E-state index in [1.54, 1.807) is 25.1 Å². The maximum atomic E-state index is 12.8. The van der Waals surface area contributed by atoms with Gasteiger partial charge in [-0.05, 0) is 86.8 Å². The van der Waals surface area contributed by atoms with E-state index in [1.807, 2.05) is 0 Å². The summed E-state index contributed by atoms with van der Waals surface area (Å²) in [6.07, 6.45) is 1.66. The molecule has 1 aliphatic heterocycles. The van der Waals surface area contributed by atoms with E-state index in [2.05, 4.69) is 37.0 Å². The number of rotatable bonds is 3. The van der Waals surface area contributed by atoms with E-state index < -0.39 is 10.0 Å². The van der Waals surface area contributed by atoms with Crippen LogP contribution in [0.2, 0.25) is 0 Å². The summed E-state index contributed by atoms with van der Waals surface area (Å²) in [7, 11) is -3.81. The van der Waals surface area contributed by atoms with Crippen molar-refractivity contribution in [2.24, 2.45) is 10.2 Å². The van der Waals surface area contributed by atoms with Crippen LogP contribution in [0.1, 0.15) is 12.5 Å². The normalized spacial score (nSPS) is 16.1. The fourth-order valence-corrected chi connectivity index (χ4v) is 4.21. The Bertz CT molecular complexity index is 1090. The van der Waals surface area contributed by atoms with Gasteiger partial charge in [-0.15, -0.1) is 0 Å². The minimum absolute atomic E-state index is 0.0480. The van der Waals surface area contributed by atoms with Crippen LogP contribution in [0.15, 0.2) is 60.9 Å². The van der Waals surface area contributed by atoms with Gasteiger partial charge in [0.2, 0.25) is 10.0 Å². The Labute approximate surface area is 172 Å². The molecule has 7 nitrogen and oxygen atoms in total. The number of hydrogen-bond donors (Lipinski definition) is 2. The minimum atomic E-state index is -3.81. The predicted molar refractivity (Wildman–Crippen MR) is 110 cm³/mol. The number of nitrogens with two attached hydrogens (primary N) is 1. The van der Waals surface area contributed by atoms with Crippen molar-refractivity contribution in [1.29, 1.82) is 0 Å². The van der Waals surface area contributed by atoms with Gasteiger partial charge in [0.05, 0.1) is 30.8 Å². The van der Waals surface area contributed by atoms with Gasteiger partial charge in [0.15, 0.2) is 0 Å². The lowest BCUT2D eigenvalue weighted by Crippen LogP contribution is -2.21. The summed E-state index contributed by atoms with van der Waals surface area (Å²) in [6, 6.07) is 8.92. The molecule has 0 saturated carbocycles.